The van der Waals surface area contributed by atoms with Crippen molar-refractivity contribution in [2.75, 3.05) is 32.7 Å². The molecule has 0 radical (unpaired) electrons. The number of rotatable bonds is 4. The molecular weight excluding hydrogens is 250 g/mol. The van der Waals surface area contributed by atoms with Gasteiger partial charge in [0, 0.05) is 45.2 Å². The fourth-order valence-corrected chi connectivity index (χ4v) is 3.46. The van der Waals surface area contributed by atoms with Crippen LogP contribution in [0.1, 0.15) is 46.0 Å². The predicted octanol–water partition coefficient (Wildman–Crippen LogP) is 1.69. The standard InChI is InChI=1S/C16H31N3O/c1-13(2)12-18-7-9-19(10-8-18)16(20)11-14-3-5-15(17)6-4-14/h13-15H,3-12,17H2,1-2H3. The molecule has 0 spiro atoms. The molecule has 0 aromatic rings. The quantitative estimate of drug-likeness (QED) is 0.853. The molecule has 1 aliphatic carbocycles. The van der Waals surface area contributed by atoms with E-state index in [1.807, 2.05) is 0 Å². The Labute approximate surface area is 123 Å². The average Bonchev–Trinajstić information content (AvgIpc) is 2.41. The van der Waals surface area contributed by atoms with Crippen molar-refractivity contribution in [3.05, 3.63) is 0 Å². The van der Waals surface area contributed by atoms with Gasteiger partial charge in [-0.05, 0) is 37.5 Å². The maximum Gasteiger partial charge on any atom is 0.222 e. The Morgan fingerprint density at radius 1 is 1.10 bits per heavy atom. The van der Waals surface area contributed by atoms with Crippen molar-refractivity contribution in [2.45, 2.75) is 52.0 Å². The summed E-state index contributed by atoms with van der Waals surface area (Å²) in [5.74, 6) is 1.66. The number of hydrogen-bond acceptors (Lipinski definition) is 3. The van der Waals surface area contributed by atoms with Crippen molar-refractivity contribution in [1.29, 1.82) is 0 Å². The molecular formula is C16H31N3O. The van der Waals surface area contributed by atoms with Gasteiger partial charge in [-0.2, -0.15) is 0 Å². The first kappa shape index (κ1) is 15.8. The molecule has 0 aromatic carbocycles. The smallest absolute Gasteiger partial charge is 0.222 e. The van der Waals surface area contributed by atoms with Gasteiger partial charge in [0.2, 0.25) is 5.91 Å². The second kappa shape index (κ2) is 7.41. The number of carbonyl (C=O) groups is 1. The molecule has 2 rings (SSSR count). The van der Waals surface area contributed by atoms with Gasteiger partial charge in [0.15, 0.2) is 0 Å². The van der Waals surface area contributed by atoms with E-state index in [-0.39, 0.29) is 0 Å². The fourth-order valence-electron chi connectivity index (χ4n) is 3.46. The molecule has 2 N–H and O–H groups in total. The van der Waals surface area contributed by atoms with Crippen LogP contribution >= 0.6 is 0 Å². The fraction of sp³-hybridized carbons (Fsp3) is 0.938. The first-order valence-electron chi connectivity index (χ1n) is 8.30. The molecule has 1 amide bonds. The molecule has 0 aromatic heterocycles. The van der Waals surface area contributed by atoms with Crippen LogP contribution in [0.15, 0.2) is 0 Å². The summed E-state index contributed by atoms with van der Waals surface area (Å²) in [6.07, 6.45) is 5.22. The van der Waals surface area contributed by atoms with E-state index >= 15 is 0 Å². The zero-order valence-corrected chi connectivity index (χ0v) is 13.2. The van der Waals surface area contributed by atoms with Crippen molar-refractivity contribution in [3.8, 4) is 0 Å². The van der Waals surface area contributed by atoms with Crippen molar-refractivity contribution >= 4 is 5.91 Å². The number of amides is 1. The Morgan fingerprint density at radius 2 is 1.70 bits per heavy atom. The highest BCUT2D eigenvalue weighted by Crippen LogP contribution is 2.26. The SMILES string of the molecule is CC(C)CN1CCN(C(=O)CC2CCC(N)CC2)CC1. The lowest BCUT2D eigenvalue weighted by molar-refractivity contribution is -0.134. The van der Waals surface area contributed by atoms with Gasteiger partial charge in [0.05, 0.1) is 0 Å². The zero-order chi connectivity index (χ0) is 14.5. The number of hydrogen-bond donors (Lipinski definition) is 1. The minimum atomic E-state index is 0.370. The third-order valence-corrected chi connectivity index (χ3v) is 4.70. The molecule has 1 saturated carbocycles. The summed E-state index contributed by atoms with van der Waals surface area (Å²) >= 11 is 0. The largest absolute Gasteiger partial charge is 0.340 e. The summed E-state index contributed by atoms with van der Waals surface area (Å²) in [4.78, 5) is 16.9. The lowest BCUT2D eigenvalue weighted by Crippen LogP contribution is -2.49. The molecule has 1 saturated heterocycles. The van der Waals surface area contributed by atoms with Crippen LogP contribution in [0.2, 0.25) is 0 Å². The molecule has 4 nitrogen and oxygen atoms in total. The van der Waals surface area contributed by atoms with Crippen LogP contribution in [0.25, 0.3) is 0 Å². The number of nitrogens with two attached hydrogens (primary N) is 1. The van der Waals surface area contributed by atoms with E-state index in [0.717, 1.165) is 64.8 Å². The van der Waals surface area contributed by atoms with Gasteiger partial charge in [-0.25, -0.2) is 0 Å². The zero-order valence-electron chi connectivity index (χ0n) is 13.2. The second-order valence-corrected chi connectivity index (χ2v) is 7.06. The molecule has 116 valence electrons. The van der Waals surface area contributed by atoms with Gasteiger partial charge in [-0.1, -0.05) is 13.8 Å². The van der Waals surface area contributed by atoms with Crippen molar-refractivity contribution in [2.24, 2.45) is 17.6 Å². The maximum atomic E-state index is 12.4. The van der Waals surface area contributed by atoms with Crippen LogP contribution in [0.5, 0.6) is 0 Å². The third-order valence-electron chi connectivity index (χ3n) is 4.70. The van der Waals surface area contributed by atoms with Gasteiger partial charge < -0.3 is 10.6 Å². The summed E-state index contributed by atoms with van der Waals surface area (Å²) in [5, 5.41) is 0. The van der Waals surface area contributed by atoms with Gasteiger partial charge in [0.25, 0.3) is 0 Å². The normalized spacial score (nSPS) is 28.9. The van der Waals surface area contributed by atoms with Crippen molar-refractivity contribution in [3.63, 3.8) is 0 Å². The van der Waals surface area contributed by atoms with Crippen LogP contribution < -0.4 is 5.73 Å². The Kier molecular flexibility index (Phi) is 5.85. The van der Waals surface area contributed by atoms with Gasteiger partial charge in [0.1, 0.15) is 0 Å². The van der Waals surface area contributed by atoms with E-state index in [1.165, 1.54) is 0 Å². The molecule has 0 bridgehead atoms. The summed E-state index contributed by atoms with van der Waals surface area (Å²) < 4.78 is 0. The predicted molar refractivity (Wildman–Crippen MR) is 82.4 cm³/mol. The van der Waals surface area contributed by atoms with Crippen LogP contribution in [-0.2, 0) is 4.79 Å². The monoisotopic (exact) mass is 281 g/mol. The Bertz CT molecular complexity index is 303. The minimum absolute atomic E-state index is 0.370. The van der Waals surface area contributed by atoms with Gasteiger partial charge in [-0.3, -0.25) is 9.69 Å². The van der Waals surface area contributed by atoms with E-state index in [1.54, 1.807) is 0 Å². The lowest BCUT2D eigenvalue weighted by atomic mass is 9.84. The molecule has 0 unspecified atom stereocenters. The highest BCUT2D eigenvalue weighted by molar-refractivity contribution is 5.76. The van der Waals surface area contributed by atoms with Gasteiger partial charge >= 0.3 is 0 Å². The molecule has 2 aliphatic rings. The van der Waals surface area contributed by atoms with Crippen molar-refractivity contribution in [1.82, 2.24) is 9.80 Å². The highest BCUT2D eigenvalue weighted by Gasteiger charge is 2.25. The Balaban J connectivity index is 1.69. The van der Waals surface area contributed by atoms with Crippen LogP contribution in [-0.4, -0.2) is 54.5 Å². The van der Waals surface area contributed by atoms with Crippen molar-refractivity contribution < 1.29 is 4.79 Å². The molecule has 1 aliphatic heterocycles. The topological polar surface area (TPSA) is 49.6 Å². The van der Waals surface area contributed by atoms with Crippen LogP contribution in [0.4, 0.5) is 0 Å². The molecule has 2 fully saturated rings. The van der Waals surface area contributed by atoms with E-state index in [9.17, 15) is 4.79 Å². The summed E-state index contributed by atoms with van der Waals surface area (Å²) in [6, 6.07) is 0.376. The Hall–Kier alpha value is -0.610. The highest BCUT2D eigenvalue weighted by atomic mass is 16.2. The molecule has 0 atom stereocenters. The first-order chi connectivity index (χ1) is 9.54. The number of nitrogens with zero attached hydrogens (tertiary/aromatic N) is 2. The first-order valence-corrected chi connectivity index (χ1v) is 8.30. The van der Waals surface area contributed by atoms with Crippen LogP contribution in [0.3, 0.4) is 0 Å². The molecule has 20 heavy (non-hydrogen) atoms. The summed E-state index contributed by atoms with van der Waals surface area (Å²) in [6.45, 7) is 9.58. The van der Waals surface area contributed by atoms with E-state index in [4.69, 9.17) is 5.73 Å². The lowest BCUT2D eigenvalue weighted by Gasteiger charge is -2.36. The second-order valence-electron chi connectivity index (χ2n) is 7.06. The van der Waals surface area contributed by atoms with E-state index in [2.05, 4.69) is 23.6 Å². The summed E-state index contributed by atoms with van der Waals surface area (Å²) in [5.41, 5.74) is 5.92. The number of piperazine rings is 1. The third kappa shape index (κ3) is 4.74. The average molecular weight is 281 g/mol. The summed E-state index contributed by atoms with van der Waals surface area (Å²) in [7, 11) is 0. The van der Waals surface area contributed by atoms with E-state index in [0.29, 0.717) is 23.8 Å². The maximum absolute atomic E-state index is 12.4. The Morgan fingerprint density at radius 3 is 2.25 bits per heavy atom. The van der Waals surface area contributed by atoms with Gasteiger partial charge in [-0.15, -0.1) is 0 Å². The molecule has 4 heteroatoms. The van der Waals surface area contributed by atoms with E-state index < -0.39 is 0 Å². The van der Waals surface area contributed by atoms with Crippen LogP contribution in [0, 0.1) is 11.8 Å². The minimum Gasteiger partial charge on any atom is -0.340 e. The molecule has 1 heterocycles. The number of carbonyl (C=O) groups excluding carboxylic acids is 1.